The number of fused-ring (bicyclic) bond motifs is 1. The molecule has 1 atom stereocenters. The highest BCUT2D eigenvalue weighted by atomic mass is 16.5. The number of ether oxygens (including phenoxy) is 1. The maximum atomic E-state index is 13.3. The third kappa shape index (κ3) is 6.11. The van der Waals surface area contributed by atoms with Gasteiger partial charge in [0.05, 0.1) is 23.3 Å². The van der Waals surface area contributed by atoms with Crippen molar-refractivity contribution in [1.82, 2.24) is 15.4 Å². The molecular formula is C41H42N6O5. The van der Waals surface area contributed by atoms with Gasteiger partial charge >= 0.3 is 0 Å². The molecule has 0 bridgehead atoms. The highest BCUT2D eigenvalue weighted by molar-refractivity contribution is 6.05. The maximum Gasteiger partial charge on any atom is 0.255 e. The van der Waals surface area contributed by atoms with E-state index in [0.29, 0.717) is 25.1 Å². The normalized spacial score (nSPS) is 19.3. The lowest BCUT2D eigenvalue weighted by Crippen LogP contribution is -2.52. The quantitative estimate of drug-likeness (QED) is 0.148. The number of hydrogen-bond acceptors (Lipinski definition) is 9. The molecule has 11 nitrogen and oxygen atoms in total. The van der Waals surface area contributed by atoms with Crippen LogP contribution in [-0.4, -0.2) is 66.2 Å². The van der Waals surface area contributed by atoms with Gasteiger partial charge in [-0.05, 0) is 99.0 Å². The van der Waals surface area contributed by atoms with E-state index in [0.717, 1.165) is 95.2 Å². The molecule has 4 aromatic rings. The molecular weight excluding hydrogens is 656 g/mol. The van der Waals surface area contributed by atoms with E-state index >= 15 is 0 Å². The summed E-state index contributed by atoms with van der Waals surface area (Å²) >= 11 is 0. The molecule has 1 N–H and O–H groups in total. The minimum absolute atomic E-state index is 0.0852. The number of anilines is 3. The van der Waals surface area contributed by atoms with Crippen LogP contribution in [0.1, 0.15) is 70.6 Å². The summed E-state index contributed by atoms with van der Waals surface area (Å²) in [7, 11) is 0. The van der Waals surface area contributed by atoms with Crippen LogP contribution in [0.25, 0.3) is 11.1 Å². The van der Waals surface area contributed by atoms with E-state index in [-0.39, 0.29) is 29.8 Å². The Morgan fingerprint density at radius 3 is 2.52 bits per heavy atom. The van der Waals surface area contributed by atoms with Gasteiger partial charge in [-0.25, -0.2) is 0 Å². The van der Waals surface area contributed by atoms with Gasteiger partial charge in [-0.3, -0.25) is 19.7 Å². The summed E-state index contributed by atoms with van der Waals surface area (Å²) in [6, 6.07) is 22.7. The number of carbonyl (C=O) groups is 3. The SMILES string of the molecule is Cc1ccc(-c2c(C)noc2C)cc1N(CCCOC1CN(c2ccc3c(c2)C(=O)N(C2CCC(=O)NC2=O)C3)C1)c1ccc(C2(C#N)CC2)cc1. The van der Waals surface area contributed by atoms with E-state index in [1.54, 1.807) is 4.90 Å². The largest absolute Gasteiger partial charge is 0.374 e. The number of piperidine rings is 1. The van der Waals surface area contributed by atoms with Crippen molar-refractivity contribution in [2.24, 2.45) is 0 Å². The second-order valence-electron chi connectivity index (χ2n) is 14.6. The second kappa shape index (κ2) is 13.3. The van der Waals surface area contributed by atoms with Crippen LogP contribution in [0.2, 0.25) is 0 Å². The molecule has 2 saturated heterocycles. The van der Waals surface area contributed by atoms with E-state index < -0.39 is 11.9 Å². The van der Waals surface area contributed by atoms with Gasteiger partial charge in [0.15, 0.2) is 0 Å². The standard InChI is InChI=1S/C41H42N6O5/c1-25-5-6-28(38-26(2)44-52-27(38)3)19-36(25)46(31-11-8-30(9-12-31)41(24-42)15-16-41)17-4-18-51-33-22-45(23-33)32-10-7-29-21-47(40(50)34(29)20-32)35-13-14-37(48)43-39(35)49/h5-12,19-20,33,35H,4,13-18,21-23H2,1-3H3,(H,43,48,49). The molecule has 3 fully saturated rings. The van der Waals surface area contributed by atoms with Gasteiger partial charge in [0.1, 0.15) is 11.8 Å². The van der Waals surface area contributed by atoms with E-state index in [4.69, 9.17) is 9.26 Å². The fourth-order valence-corrected chi connectivity index (χ4v) is 7.86. The number of amides is 3. The van der Waals surface area contributed by atoms with Crippen molar-refractivity contribution in [1.29, 1.82) is 5.26 Å². The van der Waals surface area contributed by atoms with Gasteiger partial charge in [-0.2, -0.15) is 5.26 Å². The molecule has 0 spiro atoms. The lowest BCUT2D eigenvalue weighted by molar-refractivity contribution is -0.136. The van der Waals surface area contributed by atoms with Gasteiger partial charge in [0.25, 0.3) is 5.91 Å². The molecule has 4 aliphatic rings. The minimum Gasteiger partial charge on any atom is -0.374 e. The van der Waals surface area contributed by atoms with Gasteiger partial charge in [0, 0.05) is 67.4 Å². The first kappa shape index (κ1) is 33.7. The number of benzene rings is 3. The summed E-state index contributed by atoms with van der Waals surface area (Å²) in [5.41, 5.74) is 9.47. The van der Waals surface area contributed by atoms with Gasteiger partial charge in [0.2, 0.25) is 11.8 Å². The molecule has 1 aliphatic carbocycles. The van der Waals surface area contributed by atoms with Crippen molar-refractivity contribution in [3.8, 4) is 17.2 Å². The molecule has 266 valence electrons. The number of nitrogens with one attached hydrogen (secondary N) is 1. The molecule has 3 aromatic carbocycles. The van der Waals surface area contributed by atoms with E-state index in [1.165, 1.54) is 0 Å². The average molecular weight is 699 g/mol. The van der Waals surface area contributed by atoms with Crippen LogP contribution in [0.5, 0.6) is 0 Å². The minimum atomic E-state index is -0.619. The third-order valence-corrected chi connectivity index (χ3v) is 11.1. The molecule has 4 heterocycles. The van der Waals surface area contributed by atoms with Crippen molar-refractivity contribution in [2.75, 3.05) is 36.0 Å². The zero-order chi connectivity index (χ0) is 36.1. The molecule has 1 aromatic heterocycles. The van der Waals surface area contributed by atoms with Crippen LogP contribution in [0.15, 0.2) is 65.2 Å². The first-order valence-corrected chi connectivity index (χ1v) is 18.1. The number of aryl methyl sites for hydroxylation is 3. The topological polar surface area (TPSA) is 132 Å². The molecule has 3 aliphatic heterocycles. The smallest absolute Gasteiger partial charge is 0.255 e. The average Bonchev–Trinajstić information content (AvgIpc) is 3.77. The lowest BCUT2D eigenvalue weighted by atomic mass is 9.97. The molecule has 8 rings (SSSR count). The Morgan fingerprint density at radius 1 is 1.04 bits per heavy atom. The van der Waals surface area contributed by atoms with Crippen LogP contribution >= 0.6 is 0 Å². The van der Waals surface area contributed by atoms with E-state index in [1.807, 2.05) is 32.0 Å². The van der Waals surface area contributed by atoms with Crippen LogP contribution < -0.4 is 15.1 Å². The highest BCUT2D eigenvalue weighted by Crippen LogP contribution is 2.48. The van der Waals surface area contributed by atoms with Crippen molar-refractivity contribution >= 4 is 34.8 Å². The summed E-state index contributed by atoms with van der Waals surface area (Å²) in [6.45, 7) is 9.19. The van der Waals surface area contributed by atoms with Gasteiger partial charge in [-0.15, -0.1) is 0 Å². The van der Waals surface area contributed by atoms with Crippen LogP contribution in [0.3, 0.4) is 0 Å². The Morgan fingerprint density at radius 2 is 1.83 bits per heavy atom. The van der Waals surface area contributed by atoms with Crippen molar-refractivity contribution < 1.29 is 23.6 Å². The number of hydrogen-bond donors (Lipinski definition) is 1. The number of rotatable bonds is 11. The molecule has 1 unspecified atom stereocenters. The lowest BCUT2D eigenvalue weighted by Gasteiger charge is -2.41. The van der Waals surface area contributed by atoms with Crippen molar-refractivity contribution in [3.63, 3.8) is 0 Å². The molecule has 11 heteroatoms. The first-order chi connectivity index (χ1) is 25.1. The van der Waals surface area contributed by atoms with Crippen LogP contribution in [-0.2, 0) is 26.3 Å². The highest BCUT2D eigenvalue weighted by Gasteiger charge is 2.45. The first-order valence-electron chi connectivity index (χ1n) is 18.1. The number of nitriles is 1. The predicted octanol–water partition coefficient (Wildman–Crippen LogP) is 6.02. The predicted molar refractivity (Wildman–Crippen MR) is 195 cm³/mol. The summed E-state index contributed by atoms with van der Waals surface area (Å²) in [5.74, 6) is -0.0617. The van der Waals surface area contributed by atoms with Crippen molar-refractivity contribution in [2.45, 2.75) is 77.0 Å². The summed E-state index contributed by atoms with van der Waals surface area (Å²) < 4.78 is 11.8. The van der Waals surface area contributed by atoms with Gasteiger partial charge < -0.3 is 24.0 Å². The number of aromatic nitrogens is 1. The molecule has 0 radical (unpaired) electrons. The maximum absolute atomic E-state index is 13.3. The summed E-state index contributed by atoms with van der Waals surface area (Å²) in [4.78, 5) is 43.5. The van der Waals surface area contributed by atoms with E-state index in [9.17, 15) is 19.6 Å². The fourth-order valence-electron chi connectivity index (χ4n) is 7.86. The molecule has 3 amide bonds. The molecule has 1 saturated carbocycles. The summed E-state index contributed by atoms with van der Waals surface area (Å²) in [6.07, 6.45) is 3.30. The van der Waals surface area contributed by atoms with E-state index in [2.05, 4.69) is 75.7 Å². The Kier molecular flexibility index (Phi) is 8.58. The third-order valence-electron chi connectivity index (χ3n) is 11.1. The molecule has 52 heavy (non-hydrogen) atoms. The Balaban J connectivity index is 0.912. The Bertz CT molecular complexity index is 2090. The summed E-state index contributed by atoms with van der Waals surface area (Å²) in [5, 5.41) is 16.3. The zero-order valence-corrected chi connectivity index (χ0v) is 29.8. The fraction of sp³-hybridized carbons (Fsp3) is 0.390. The Labute approximate surface area is 303 Å². The number of carbonyl (C=O) groups excluding carboxylic acids is 3. The van der Waals surface area contributed by atoms with Crippen LogP contribution in [0.4, 0.5) is 17.1 Å². The second-order valence-corrected chi connectivity index (χ2v) is 14.6. The van der Waals surface area contributed by atoms with Gasteiger partial charge in [-0.1, -0.05) is 35.5 Å². The Hall–Kier alpha value is -5.47. The number of imide groups is 1. The monoisotopic (exact) mass is 698 g/mol. The zero-order valence-electron chi connectivity index (χ0n) is 29.8. The number of nitrogens with zero attached hydrogens (tertiary/aromatic N) is 5. The van der Waals surface area contributed by atoms with Crippen molar-refractivity contribution in [3.05, 3.63) is 94.4 Å². The van der Waals surface area contributed by atoms with Crippen LogP contribution in [0, 0.1) is 32.1 Å².